The number of aryl methyl sites for hydroxylation is 2. The molecule has 2 N–H and O–H groups in total. The fourth-order valence-electron chi connectivity index (χ4n) is 4.57. The van der Waals surface area contributed by atoms with E-state index in [9.17, 15) is 0 Å². The maximum absolute atomic E-state index is 6.60. The molecule has 0 spiro atoms. The van der Waals surface area contributed by atoms with Crippen LogP contribution in [0.1, 0.15) is 40.5 Å². The molecule has 4 heteroatoms. The quantitative estimate of drug-likeness (QED) is 0.590. The fourth-order valence-corrected chi connectivity index (χ4v) is 5.60. The minimum Gasteiger partial charge on any atom is -0.496 e. The minimum atomic E-state index is 0.155. The van der Waals surface area contributed by atoms with Gasteiger partial charge in [0.1, 0.15) is 5.75 Å². The van der Waals surface area contributed by atoms with Gasteiger partial charge in [0.2, 0.25) is 0 Å². The van der Waals surface area contributed by atoms with Crippen molar-refractivity contribution in [2.75, 3.05) is 13.7 Å². The zero-order valence-corrected chi connectivity index (χ0v) is 18.3. The molecule has 4 rings (SSSR count). The lowest BCUT2D eigenvalue weighted by molar-refractivity contribution is 0.119. The molecule has 29 heavy (non-hydrogen) atoms. The molecule has 152 valence electrons. The molecule has 2 unspecified atom stereocenters. The highest BCUT2D eigenvalue weighted by atomic mass is 32.1. The highest BCUT2D eigenvalue weighted by Gasteiger charge is 2.30. The standard InChI is InChI=1S/C25H30N2OS/c1-17-14-18(2)29-25(17)20-11-12-23(28-3)21(15-20)16-27-13-7-10-22(26)24(27)19-8-5-4-6-9-19/h4-6,8-9,11-12,14-15,22,24H,7,10,13,16,26H2,1-3H3. The molecule has 0 amide bonds. The van der Waals surface area contributed by atoms with E-state index >= 15 is 0 Å². The SMILES string of the molecule is COc1ccc(-c2sc(C)cc2C)cc1CN1CCCC(N)C1c1ccccc1. The van der Waals surface area contributed by atoms with E-state index < -0.39 is 0 Å². The van der Waals surface area contributed by atoms with E-state index in [1.54, 1.807) is 7.11 Å². The molecule has 0 radical (unpaired) electrons. The first-order chi connectivity index (χ1) is 14.1. The topological polar surface area (TPSA) is 38.5 Å². The van der Waals surface area contributed by atoms with E-state index in [1.807, 2.05) is 11.3 Å². The van der Waals surface area contributed by atoms with E-state index in [4.69, 9.17) is 10.5 Å². The van der Waals surface area contributed by atoms with Gasteiger partial charge in [0, 0.05) is 27.9 Å². The van der Waals surface area contributed by atoms with Crippen molar-refractivity contribution in [3.8, 4) is 16.2 Å². The molecular formula is C25H30N2OS. The van der Waals surface area contributed by atoms with Crippen LogP contribution in [0.3, 0.4) is 0 Å². The Morgan fingerprint density at radius 1 is 1.10 bits per heavy atom. The Balaban J connectivity index is 1.68. The van der Waals surface area contributed by atoms with Crippen molar-refractivity contribution < 1.29 is 4.74 Å². The van der Waals surface area contributed by atoms with Crippen molar-refractivity contribution in [2.45, 2.75) is 45.3 Å². The van der Waals surface area contributed by atoms with Gasteiger partial charge in [-0.2, -0.15) is 0 Å². The molecule has 0 bridgehead atoms. The van der Waals surface area contributed by atoms with Crippen molar-refractivity contribution in [1.82, 2.24) is 4.90 Å². The number of rotatable bonds is 5. The Labute approximate surface area is 178 Å². The van der Waals surface area contributed by atoms with Crippen molar-refractivity contribution in [3.63, 3.8) is 0 Å². The van der Waals surface area contributed by atoms with Gasteiger partial charge in [-0.3, -0.25) is 4.90 Å². The summed E-state index contributed by atoms with van der Waals surface area (Å²) in [5, 5.41) is 0. The maximum atomic E-state index is 6.60. The van der Waals surface area contributed by atoms with E-state index in [-0.39, 0.29) is 12.1 Å². The van der Waals surface area contributed by atoms with Gasteiger partial charge in [0.15, 0.2) is 0 Å². The number of ether oxygens (including phenoxy) is 1. The first kappa shape index (κ1) is 20.1. The Kier molecular flexibility index (Phi) is 6.04. The molecule has 1 saturated heterocycles. The Morgan fingerprint density at radius 2 is 1.90 bits per heavy atom. The van der Waals surface area contributed by atoms with E-state index in [0.717, 1.165) is 31.7 Å². The summed E-state index contributed by atoms with van der Waals surface area (Å²) in [5.74, 6) is 0.950. The van der Waals surface area contributed by atoms with E-state index in [0.29, 0.717) is 0 Å². The Morgan fingerprint density at radius 3 is 2.59 bits per heavy atom. The number of methoxy groups -OCH3 is 1. The Bertz CT molecular complexity index is 966. The second-order valence-electron chi connectivity index (χ2n) is 8.03. The Hall–Kier alpha value is -2.14. The second-order valence-corrected chi connectivity index (χ2v) is 9.28. The fraction of sp³-hybridized carbons (Fsp3) is 0.360. The second kappa shape index (κ2) is 8.70. The van der Waals surface area contributed by atoms with Crippen molar-refractivity contribution >= 4 is 11.3 Å². The summed E-state index contributed by atoms with van der Waals surface area (Å²) < 4.78 is 5.73. The molecule has 2 aromatic carbocycles. The normalized spacial score (nSPS) is 20.0. The lowest BCUT2D eigenvalue weighted by Gasteiger charge is -2.40. The number of benzene rings is 2. The zero-order chi connectivity index (χ0) is 20.4. The van der Waals surface area contributed by atoms with Gasteiger partial charge in [-0.25, -0.2) is 0 Å². The molecule has 3 nitrogen and oxygen atoms in total. The summed E-state index contributed by atoms with van der Waals surface area (Å²) in [5.41, 5.74) is 11.7. The monoisotopic (exact) mass is 406 g/mol. The van der Waals surface area contributed by atoms with Crippen molar-refractivity contribution in [2.24, 2.45) is 5.73 Å². The smallest absolute Gasteiger partial charge is 0.123 e. The summed E-state index contributed by atoms with van der Waals surface area (Å²) in [7, 11) is 1.76. The van der Waals surface area contributed by atoms with Crippen LogP contribution in [-0.4, -0.2) is 24.6 Å². The molecule has 1 aliphatic rings. The third kappa shape index (κ3) is 4.25. The van der Waals surface area contributed by atoms with Crippen LogP contribution in [0.2, 0.25) is 0 Å². The number of likely N-dealkylation sites (tertiary alicyclic amines) is 1. The first-order valence-corrected chi connectivity index (χ1v) is 11.2. The molecule has 1 aliphatic heterocycles. The van der Waals surface area contributed by atoms with Gasteiger partial charge in [-0.1, -0.05) is 30.3 Å². The summed E-state index contributed by atoms with van der Waals surface area (Å²) in [6.07, 6.45) is 2.20. The van der Waals surface area contributed by atoms with Crippen LogP contribution in [-0.2, 0) is 6.54 Å². The van der Waals surface area contributed by atoms with Crippen LogP contribution in [0.4, 0.5) is 0 Å². The van der Waals surface area contributed by atoms with Gasteiger partial charge in [0.05, 0.1) is 13.2 Å². The van der Waals surface area contributed by atoms with Crippen LogP contribution >= 0.6 is 11.3 Å². The summed E-state index contributed by atoms with van der Waals surface area (Å²) in [6.45, 7) is 6.26. The zero-order valence-electron chi connectivity index (χ0n) is 17.5. The van der Waals surface area contributed by atoms with Crippen LogP contribution in [0.5, 0.6) is 5.75 Å². The predicted octanol–water partition coefficient (Wildman–Crippen LogP) is 5.70. The average Bonchev–Trinajstić information content (AvgIpc) is 3.07. The highest BCUT2D eigenvalue weighted by Crippen LogP contribution is 2.37. The van der Waals surface area contributed by atoms with Gasteiger partial charge in [0.25, 0.3) is 0 Å². The molecule has 1 aromatic heterocycles. The lowest BCUT2D eigenvalue weighted by atomic mass is 9.90. The van der Waals surface area contributed by atoms with E-state index in [1.165, 1.54) is 32.0 Å². The molecule has 0 saturated carbocycles. The van der Waals surface area contributed by atoms with Crippen molar-refractivity contribution in [1.29, 1.82) is 0 Å². The lowest BCUT2D eigenvalue weighted by Crippen LogP contribution is -2.45. The van der Waals surface area contributed by atoms with Crippen LogP contribution in [0.25, 0.3) is 10.4 Å². The van der Waals surface area contributed by atoms with Gasteiger partial charge in [-0.15, -0.1) is 11.3 Å². The summed E-state index contributed by atoms with van der Waals surface area (Å²) in [6, 6.07) is 19.9. The van der Waals surface area contributed by atoms with E-state index in [2.05, 4.69) is 73.3 Å². The van der Waals surface area contributed by atoms with Crippen molar-refractivity contribution in [3.05, 3.63) is 76.2 Å². The number of nitrogens with zero attached hydrogens (tertiary/aromatic N) is 1. The largest absolute Gasteiger partial charge is 0.496 e. The third-order valence-corrected chi connectivity index (χ3v) is 7.08. The van der Waals surface area contributed by atoms with Gasteiger partial charge < -0.3 is 10.5 Å². The van der Waals surface area contributed by atoms with Gasteiger partial charge >= 0.3 is 0 Å². The number of thiophene rings is 1. The molecule has 1 fully saturated rings. The molecular weight excluding hydrogens is 376 g/mol. The molecule has 2 atom stereocenters. The number of hydrogen-bond acceptors (Lipinski definition) is 4. The third-order valence-electron chi connectivity index (χ3n) is 5.88. The maximum Gasteiger partial charge on any atom is 0.123 e. The highest BCUT2D eigenvalue weighted by molar-refractivity contribution is 7.15. The van der Waals surface area contributed by atoms with Crippen LogP contribution in [0, 0.1) is 13.8 Å². The minimum absolute atomic E-state index is 0.155. The predicted molar refractivity (Wildman–Crippen MR) is 123 cm³/mol. The van der Waals surface area contributed by atoms with Crippen LogP contribution in [0.15, 0.2) is 54.6 Å². The molecule has 2 heterocycles. The number of hydrogen-bond donors (Lipinski definition) is 1. The van der Waals surface area contributed by atoms with Crippen LogP contribution < -0.4 is 10.5 Å². The summed E-state index contributed by atoms with van der Waals surface area (Å²) >= 11 is 1.86. The summed E-state index contributed by atoms with van der Waals surface area (Å²) in [4.78, 5) is 5.22. The van der Waals surface area contributed by atoms with Gasteiger partial charge in [-0.05, 0) is 74.2 Å². The number of piperidine rings is 1. The molecule has 0 aliphatic carbocycles. The average molecular weight is 407 g/mol. The molecule has 3 aromatic rings. The number of nitrogens with two attached hydrogens (primary N) is 1. The first-order valence-electron chi connectivity index (χ1n) is 10.4.